The van der Waals surface area contributed by atoms with Gasteiger partial charge in [-0.3, -0.25) is 0 Å². The Hall–Kier alpha value is -1.61. The molecular weight excluding hydrogens is 410 g/mol. The molecule has 0 amide bonds. The fourth-order valence-electron chi connectivity index (χ4n) is 3.10. The van der Waals surface area contributed by atoms with Gasteiger partial charge in [-0.15, -0.1) is 0 Å². The summed E-state index contributed by atoms with van der Waals surface area (Å²) in [5.41, 5.74) is 0.893. The number of hydrogen-bond donors (Lipinski definition) is 1. The highest BCUT2D eigenvalue weighted by atomic mass is 35.5. The first kappa shape index (κ1) is 20.1. The zero-order valence-electron chi connectivity index (χ0n) is 14.6. The van der Waals surface area contributed by atoms with Gasteiger partial charge in [-0.25, -0.2) is 16.8 Å². The third-order valence-corrected chi connectivity index (χ3v) is 8.99. The maximum atomic E-state index is 13.0. The molecule has 0 radical (unpaired) electrons. The monoisotopic (exact) mass is 429 g/mol. The summed E-state index contributed by atoms with van der Waals surface area (Å²) in [7, 11) is -5.77. The average molecular weight is 430 g/mol. The Morgan fingerprint density at radius 2 is 1.70 bits per heavy atom. The highest BCUT2D eigenvalue weighted by Gasteiger charge is 2.45. The molecule has 0 aliphatic carbocycles. The topological polar surface area (TPSA) is 89.5 Å². The number of benzene rings is 2. The summed E-state index contributed by atoms with van der Waals surface area (Å²) < 4.78 is 55.4. The molecule has 0 saturated carbocycles. The summed E-state index contributed by atoms with van der Waals surface area (Å²) in [5, 5.41) is 2.66. The lowest BCUT2D eigenvalue weighted by Gasteiger charge is -2.20. The van der Waals surface area contributed by atoms with E-state index in [1.54, 1.807) is 24.3 Å². The molecule has 0 unspecified atom stereocenters. The van der Waals surface area contributed by atoms with Crippen LogP contribution in [0.5, 0.6) is 5.75 Å². The minimum absolute atomic E-state index is 0.0868. The zero-order valence-corrected chi connectivity index (χ0v) is 17.0. The van der Waals surface area contributed by atoms with Crippen LogP contribution in [0.25, 0.3) is 0 Å². The second kappa shape index (κ2) is 7.79. The van der Waals surface area contributed by atoms with E-state index in [4.69, 9.17) is 16.3 Å². The van der Waals surface area contributed by atoms with E-state index in [1.165, 1.54) is 19.2 Å². The van der Waals surface area contributed by atoms with E-state index in [0.717, 1.165) is 5.56 Å². The van der Waals surface area contributed by atoms with Gasteiger partial charge in [0.15, 0.2) is 19.7 Å². The number of sulfone groups is 2. The lowest BCUT2D eigenvalue weighted by molar-refractivity contribution is 0.414. The first-order valence-corrected chi connectivity index (χ1v) is 12.0. The number of halogens is 1. The molecule has 1 aliphatic heterocycles. The summed E-state index contributed by atoms with van der Waals surface area (Å²) in [6, 6.07) is 12.4. The van der Waals surface area contributed by atoms with Gasteiger partial charge in [0.2, 0.25) is 0 Å². The van der Waals surface area contributed by atoms with Crippen LogP contribution < -0.4 is 10.1 Å². The zero-order chi connectivity index (χ0) is 19.7. The molecule has 1 saturated heterocycles. The smallest absolute Gasteiger partial charge is 0.183 e. The van der Waals surface area contributed by atoms with Crippen molar-refractivity contribution in [2.45, 2.75) is 22.7 Å². The van der Waals surface area contributed by atoms with Gasteiger partial charge in [0, 0.05) is 17.6 Å². The third kappa shape index (κ3) is 4.63. The van der Waals surface area contributed by atoms with Crippen LogP contribution in [-0.2, 0) is 26.2 Å². The Morgan fingerprint density at radius 1 is 1.07 bits per heavy atom. The van der Waals surface area contributed by atoms with E-state index in [1.807, 2.05) is 12.1 Å². The Kier molecular flexibility index (Phi) is 5.81. The lowest BCUT2D eigenvalue weighted by atomic mass is 10.2. The Bertz CT molecular complexity index is 1000. The number of ether oxygens (including phenoxy) is 1. The molecule has 3 rings (SSSR count). The predicted molar refractivity (Wildman–Crippen MR) is 105 cm³/mol. The molecule has 2 aromatic carbocycles. The normalized spacial score (nSPS) is 21.9. The van der Waals surface area contributed by atoms with E-state index in [9.17, 15) is 16.8 Å². The first-order valence-electron chi connectivity index (χ1n) is 8.27. The maximum Gasteiger partial charge on any atom is 0.183 e. The number of methoxy groups -OCH3 is 1. The van der Waals surface area contributed by atoms with Crippen LogP contribution in [0.2, 0.25) is 5.02 Å². The van der Waals surface area contributed by atoms with Gasteiger partial charge in [-0.2, -0.15) is 0 Å². The number of rotatable bonds is 6. The summed E-state index contributed by atoms with van der Waals surface area (Å²) in [6.07, 6.45) is 0. The second-order valence-electron chi connectivity index (χ2n) is 6.45. The van der Waals surface area contributed by atoms with Gasteiger partial charge in [0.05, 0.1) is 28.8 Å². The SMILES string of the molecule is COc1ccc(S(=O)(=O)[C@@H]2CS(=O)(=O)C[C@H]2NCc2ccc(Cl)cc2)cc1. The van der Waals surface area contributed by atoms with Crippen LogP contribution in [0.1, 0.15) is 5.56 Å². The molecule has 0 bridgehead atoms. The third-order valence-electron chi connectivity index (χ3n) is 4.57. The summed E-state index contributed by atoms with van der Waals surface area (Å²) in [5.74, 6) is -0.0642. The van der Waals surface area contributed by atoms with Crippen molar-refractivity contribution in [2.75, 3.05) is 18.6 Å². The second-order valence-corrected chi connectivity index (χ2v) is 11.2. The van der Waals surface area contributed by atoms with Crippen LogP contribution >= 0.6 is 11.6 Å². The van der Waals surface area contributed by atoms with E-state index in [-0.39, 0.29) is 16.4 Å². The largest absolute Gasteiger partial charge is 0.497 e. The summed E-state index contributed by atoms with van der Waals surface area (Å²) in [6.45, 7) is 0.353. The van der Waals surface area contributed by atoms with E-state index >= 15 is 0 Å². The highest BCUT2D eigenvalue weighted by Crippen LogP contribution is 2.27. The van der Waals surface area contributed by atoms with E-state index < -0.39 is 31.0 Å². The average Bonchev–Trinajstić information content (AvgIpc) is 2.97. The van der Waals surface area contributed by atoms with Crippen LogP contribution in [0, 0.1) is 0 Å². The van der Waals surface area contributed by atoms with Crippen LogP contribution in [-0.4, -0.2) is 46.7 Å². The number of nitrogens with one attached hydrogen (secondary N) is 1. The van der Waals surface area contributed by atoms with E-state index in [0.29, 0.717) is 17.3 Å². The van der Waals surface area contributed by atoms with Gasteiger partial charge in [-0.05, 0) is 42.0 Å². The Balaban J connectivity index is 1.82. The minimum Gasteiger partial charge on any atom is -0.497 e. The van der Waals surface area contributed by atoms with Gasteiger partial charge in [0.25, 0.3) is 0 Å². The molecular formula is C18H20ClNO5S2. The van der Waals surface area contributed by atoms with Crippen LogP contribution in [0.3, 0.4) is 0 Å². The van der Waals surface area contributed by atoms with Gasteiger partial charge >= 0.3 is 0 Å². The summed E-state index contributed by atoms with van der Waals surface area (Å²) in [4.78, 5) is 0.0868. The minimum atomic E-state index is -3.81. The number of hydrogen-bond acceptors (Lipinski definition) is 6. The molecule has 2 aromatic rings. The molecule has 0 spiro atoms. The van der Waals surface area contributed by atoms with Crippen molar-refractivity contribution in [2.24, 2.45) is 0 Å². The molecule has 1 aliphatic rings. The fraction of sp³-hybridized carbons (Fsp3) is 0.333. The van der Waals surface area contributed by atoms with Crippen molar-refractivity contribution in [3.05, 3.63) is 59.1 Å². The van der Waals surface area contributed by atoms with Gasteiger partial charge in [0.1, 0.15) is 5.75 Å². The molecule has 9 heteroatoms. The summed E-state index contributed by atoms with van der Waals surface area (Å²) >= 11 is 5.86. The molecule has 1 N–H and O–H groups in total. The molecule has 1 fully saturated rings. The Morgan fingerprint density at radius 3 is 2.30 bits per heavy atom. The van der Waals surface area contributed by atoms with Gasteiger partial charge in [-0.1, -0.05) is 23.7 Å². The fourth-order valence-corrected chi connectivity index (χ4v) is 7.95. The molecule has 1 heterocycles. The quantitative estimate of drug-likeness (QED) is 0.756. The standard InChI is InChI=1S/C18H20ClNO5S2/c1-25-15-6-8-16(9-7-15)27(23,24)18-12-26(21,22)11-17(18)20-10-13-2-4-14(19)5-3-13/h2-9,17-18,20H,10-12H2,1H3/t17-,18-/m1/s1. The molecule has 0 aromatic heterocycles. The molecule has 27 heavy (non-hydrogen) atoms. The van der Waals surface area contributed by atoms with E-state index in [2.05, 4.69) is 5.32 Å². The Labute approximate surface area is 164 Å². The van der Waals surface area contributed by atoms with Gasteiger partial charge < -0.3 is 10.1 Å². The highest BCUT2D eigenvalue weighted by molar-refractivity contribution is 7.96. The van der Waals surface area contributed by atoms with Crippen molar-refractivity contribution in [1.29, 1.82) is 0 Å². The molecule has 6 nitrogen and oxygen atoms in total. The maximum absolute atomic E-state index is 13.0. The van der Waals surface area contributed by atoms with Crippen molar-refractivity contribution >= 4 is 31.3 Å². The van der Waals surface area contributed by atoms with Crippen molar-refractivity contribution in [3.8, 4) is 5.75 Å². The predicted octanol–water partition coefficient (Wildman–Crippen LogP) is 2.08. The molecule has 2 atom stereocenters. The first-order chi connectivity index (χ1) is 12.7. The van der Waals surface area contributed by atoms with Crippen LogP contribution in [0.4, 0.5) is 0 Å². The lowest BCUT2D eigenvalue weighted by Crippen LogP contribution is -2.43. The van der Waals surface area contributed by atoms with Crippen molar-refractivity contribution in [1.82, 2.24) is 5.32 Å². The van der Waals surface area contributed by atoms with Crippen molar-refractivity contribution in [3.63, 3.8) is 0 Å². The van der Waals surface area contributed by atoms with Crippen LogP contribution in [0.15, 0.2) is 53.4 Å². The molecule has 146 valence electrons. The van der Waals surface area contributed by atoms with Crippen molar-refractivity contribution < 1.29 is 21.6 Å².